The maximum Gasteiger partial charge on any atom is 0.229 e. The summed E-state index contributed by atoms with van der Waals surface area (Å²) in [6, 6.07) is 0. The summed E-state index contributed by atoms with van der Waals surface area (Å²) < 4.78 is 26.9. The second-order valence-electron chi connectivity index (χ2n) is 6.21. The number of aliphatic hydroxyl groups is 1. The van der Waals surface area contributed by atoms with Gasteiger partial charge >= 0.3 is 0 Å². The number of anilines is 2. The van der Waals surface area contributed by atoms with Crippen LogP contribution in [0, 0.1) is 5.92 Å². The molecule has 1 aliphatic heterocycles. The number of nitrogen functional groups attached to an aromatic ring is 1. The largest absolute Gasteiger partial charge is 0.391 e. The Morgan fingerprint density at radius 3 is 2.75 bits per heavy atom. The molecular formula is C13H21N7O3S. The minimum atomic E-state index is -3.39. The van der Waals surface area contributed by atoms with Crippen molar-refractivity contribution in [3.05, 3.63) is 6.20 Å². The maximum absolute atomic E-state index is 12.0. The third-order valence-electron chi connectivity index (χ3n) is 4.28. The van der Waals surface area contributed by atoms with E-state index in [1.54, 1.807) is 22.8 Å². The Balaban J connectivity index is 1.86. The average Bonchev–Trinajstić information content (AvgIpc) is 3.03. The normalized spacial score (nSPS) is 22.0. The van der Waals surface area contributed by atoms with Gasteiger partial charge in [-0.15, -0.1) is 0 Å². The van der Waals surface area contributed by atoms with E-state index < -0.39 is 22.0 Å². The molecule has 1 saturated heterocycles. The van der Waals surface area contributed by atoms with Crippen LogP contribution in [-0.4, -0.2) is 76.6 Å². The molecule has 0 saturated carbocycles. The number of rotatable bonds is 4. The fourth-order valence-corrected chi connectivity index (χ4v) is 3.94. The minimum absolute atomic E-state index is 0.124. The SMILES string of the molecule is CN(C)S(=O)(=O)C[C@@H]1CN(c2nc(N)c3cnn(C)c3n2)C[C@H]1O. The van der Waals surface area contributed by atoms with E-state index in [-0.39, 0.29) is 12.3 Å². The zero-order valence-electron chi connectivity index (χ0n) is 13.8. The van der Waals surface area contributed by atoms with Crippen molar-refractivity contribution >= 4 is 32.8 Å². The Hall–Kier alpha value is -1.98. The van der Waals surface area contributed by atoms with Gasteiger partial charge in [-0.2, -0.15) is 15.1 Å². The van der Waals surface area contributed by atoms with Gasteiger partial charge in [0.1, 0.15) is 5.82 Å². The summed E-state index contributed by atoms with van der Waals surface area (Å²) in [6.07, 6.45) is 0.825. The minimum Gasteiger partial charge on any atom is -0.391 e. The number of hydrogen-bond acceptors (Lipinski definition) is 8. The highest BCUT2D eigenvalue weighted by Crippen LogP contribution is 2.26. The highest BCUT2D eigenvalue weighted by atomic mass is 32.2. The number of aromatic nitrogens is 4. The Morgan fingerprint density at radius 2 is 2.08 bits per heavy atom. The van der Waals surface area contributed by atoms with Crippen LogP contribution >= 0.6 is 0 Å². The van der Waals surface area contributed by atoms with Crippen LogP contribution in [0.2, 0.25) is 0 Å². The lowest BCUT2D eigenvalue weighted by Gasteiger charge is -2.18. The molecule has 2 aromatic heterocycles. The predicted molar refractivity (Wildman–Crippen MR) is 89.9 cm³/mol. The van der Waals surface area contributed by atoms with Crippen molar-refractivity contribution in [2.24, 2.45) is 13.0 Å². The summed E-state index contributed by atoms with van der Waals surface area (Å²) in [5.74, 6) is 0.139. The molecule has 132 valence electrons. The van der Waals surface area contributed by atoms with Gasteiger partial charge in [-0.25, -0.2) is 12.7 Å². The summed E-state index contributed by atoms with van der Waals surface area (Å²) in [6.45, 7) is 0.605. The van der Waals surface area contributed by atoms with E-state index in [0.717, 1.165) is 0 Å². The van der Waals surface area contributed by atoms with E-state index in [1.165, 1.54) is 18.4 Å². The van der Waals surface area contributed by atoms with Crippen LogP contribution in [0.5, 0.6) is 0 Å². The molecule has 0 bridgehead atoms. The lowest BCUT2D eigenvalue weighted by atomic mass is 10.1. The molecule has 3 rings (SSSR count). The number of β-amino-alcohol motifs (C(OH)–C–C–N with tert-alkyl or cyclic N) is 1. The van der Waals surface area contributed by atoms with E-state index in [0.29, 0.717) is 29.3 Å². The second kappa shape index (κ2) is 5.83. The molecule has 0 radical (unpaired) electrons. The number of aryl methyl sites for hydroxylation is 1. The van der Waals surface area contributed by atoms with Crippen LogP contribution < -0.4 is 10.6 Å². The lowest BCUT2D eigenvalue weighted by molar-refractivity contribution is 0.157. The van der Waals surface area contributed by atoms with Crippen molar-refractivity contribution < 1.29 is 13.5 Å². The first-order valence-electron chi connectivity index (χ1n) is 7.47. The van der Waals surface area contributed by atoms with Crippen molar-refractivity contribution in [3.8, 4) is 0 Å². The maximum atomic E-state index is 12.0. The average molecular weight is 355 g/mol. The molecule has 0 amide bonds. The number of aliphatic hydroxyl groups excluding tert-OH is 1. The van der Waals surface area contributed by atoms with Crippen LogP contribution in [-0.2, 0) is 17.1 Å². The van der Waals surface area contributed by atoms with Gasteiger partial charge in [0, 0.05) is 40.2 Å². The van der Waals surface area contributed by atoms with Crippen LogP contribution in [0.3, 0.4) is 0 Å². The molecule has 0 aromatic carbocycles. The molecule has 0 spiro atoms. The highest BCUT2D eigenvalue weighted by Gasteiger charge is 2.36. The molecule has 0 aliphatic carbocycles. The number of nitrogens with two attached hydrogens (primary N) is 1. The van der Waals surface area contributed by atoms with Gasteiger partial charge in [0.25, 0.3) is 0 Å². The number of nitrogens with zero attached hydrogens (tertiary/aromatic N) is 6. The Bertz CT molecular complexity index is 864. The molecular weight excluding hydrogens is 334 g/mol. The molecule has 1 aliphatic rings. The van der Waals surface area contributed by atoms with Crippen molar-refractivity contribution in [2.45, 2.75) is 6.10 Å². The Kier molecular flexibility index (Phi) is 4.10. The zero-order chi connectivity index (χ0) is 17.6. The predicted octanol–water partition coefficient (Wildman–Crippen LogP) is -1.37. The second-order valence-corrected chi connectivity index (χ2v) is 8.44. The standard InChI is InChI=1S/C13H21N7O3S/c1-18(2)24(22,23)7-8-5-20(6-10(8)21)13-16-11(14)9-4-15-19(3)12(9)17-13/h4,8,10,21H,5-7H2,1-3H3,(H2,14,16,17)/t8-,10+/m0/s1. The molecule has 1 fully saturated rings. The van der Waals surface area contributed by atoms with Gasteiger partial charge in [0.2, 0.25) is 16.0 Å². The van der Waals surface area contributed by atoms with Gasteiger partial charge in [-0.05, 0) is 0 Å². The fraction of sp³-hybridized carbons (Fsp3) is 0.615. The topological polar surface area (TPSA) is 130 Å². The van der Waals surface area contributed by atoms with E-state index in [4.69, 9.17) is 5.73 Å². The first-order valence-corrected chi connectivity index (χ1v) is 9.08. The monoisotopic (exact) mass is 355 g/mol. The van der Waals surface area contributed by atoms with Crippen molar-refractivity contribution in [1.29, 1.82) is 0 Å². The summed E-state index contributed by atoms with van der Waals surface area (Å²) in [7, 11) is 1.32. The van der Waals surface area contributed by atoms with Crippen molar-refractivity contribution in [2.75, 3.05) is 43.6 Å². The number of hydrogen-bond donors (Lipinski definition) is 2. The van der Waals surface area contributed by atoms with Gasteiger partial charge in [0.15, 0.2) is 5.65 Å². The summed E-state index contributed by atoms with van der Waals surface area (Å²) in [5.41, 5.74) is 6.55. The molecule has 3 heterocycles. The third kappa shape index (κ3) is 2.89. The van der Waals surface area contributed by atoms with Gasteiger partial charge in [0.05, 0.1) is 23.4 Å². The first-order chi connectivity index (χ1) is 11.2. The number of fused-ring (bicyclic) bond motifs is 1. The van der Waals surface area contributed by atoms with E-state index in [9.17, 15) is 13.5 Å². The van der Waals surface area contributed by atoms with Crippen LogP contribution in [0.4, 0.5) is 11.8 Å². The zero-order valence-corrected chi connectivity index (χ0v) is 14.6. The third-order valence-corrected chi connectivity index (χ3v) is 6.24. The fourth-order valence-electron chi connectivity index (χ4n) is 2.77. The summed E-state index contributed by atoms with van der Waals surface area (Å²) >= 11 is 0. The molecule has 2 atom stereocenters. The van der Waals surface area contributed by atoms with Crippen LogP contribution in [0.15, 0.2) is 6.20 Å². The van der Waals surface area contributed by atoms with E-state index in [2.05, 4.69) is 15.1 Å². The Labute approximate surface area is 139 Å². The highest BCUT2D eigenvalue weighted by molar-refractivity contribution is 7.89. The molecule has 10 nitrogen and oxygen atoms in total. The van der Waals surface area contributed by atoms with Crippen LogP contribution in [0.25, 0.3) is 11.0 Å². The van der Waals surface area contributed by atoms with Crippen LogP contribution in [0.1, 0.15) is 0 Å². The Morgan fingerprint density at radius 1 is 1.38 bits per heavy atom. The van der Waals surface area contributed by atoms with Gasteiger partial charge in [-0.3, -0.25) is 4.68 Å². The van der Waals surface area contributed by atoms with Crippen molar-refractivity contribution in [3.63, 3.8) is 0 Å². The van der Waals surface area contributed by atoms with Gasteiger partial charge < -0.3 is 15.7 Å². The molecule has 11 heteroatoms. The van der Waals surface area contributed by atoms with Gasteiger partial charge in [-0.1, -0.05) is 0 Å². The van der Waals surface area contributed by atoms with Crippen molar-refractivity contribution in [1.82, 2.24) is 24.1 Å². The first kappa shape index (κ1) is 16.9. The molecule has 2 aromatic rings. The lowest BCUT2D eigenvalue weighted by Crippen LogP contribution is -2.33. The molecule has 3 N–H and O–H groups in total. The van der Waals surface area contributed by atoms with E-state index >= 15 is 0 Å². The number of sulfonamides is 1. The summed E-state index contributed by atoms with van der Waals surface area (Å²) in [5, 5.41) is 15.0. The molecule has 0 unspecified atom stereocenters. The van der Waals surface area contributed by atoms with E-state index in [1.807, 2.05) is 0 Å². The molecule has 24 heavy (non-hydrogen) atoms. The quantitative estimate of drug-likeness (QED) is 0.687. The summed E-state index contributed by atoms with van der Waals surface area (Å²) in [4.78, 5) is 10.5. The smallest absolute Gasteiger partial charge is 0.229 e.